The lowest BCUT2D eigenvalue weighted by atomic mass is 9.56. The van der Waals surface area contributed by atoms with Gasteiger partial charge in [-0.25, -0.2) is 8.78 Å². The number of nitrogens with one attached hydrogen (secondary N) is 1. The fraction of sp³-hybridized carbons (Fsp3) is 0.462. The minimum absolute atomic E-state index is 0.0303. The number of ether oxygens (including phenoxy) is 1. The van der Waals surface area contributed by atoms with E-state index >= 15 is 0 Å². The van der Waals surface area contributed by atoms with Crippen LogP contribution in [-0.2, 0) is 11.4 Å². The third-order valence-corrected chi connectivity index (χ3v) is 8.03. The highest BCUT2D eigenvalue weighted by Gasteiger charge is 2.54. The van der Waals surface area contributed by atoms with Gasteiger partial charge in [-0.1, -0.05) is 13.0 Å². The third-order valence-electron chi connectivity index (χ3n) is 8.03. The number of rotatable bonds is 5. The van der Waals surface area contributed by atoms with E-state index in [0.29, 0.717) is 22.9 Å². The molecule has 0 aliphatic heterocycles. The number of phenols is 1. The maximum absolute atomic E-state index is 13.5. The maximum atomic E-state index is 13.5. The highest BCUT2D eigenvalue weighted by atomic mass is 19.1. The average molecular weight is 458 g/mol. The Kier molecular flexibility index (Phi) is 5.57. The summed E-state index contributed by atoms with van der Waals surface area (Å²) in [6.07, 6.45) is 5.48. The molecule has 2 aromatic rings. The van der Waals surface area contributed by atoms with Gasteiger partial charge < -0.3 is 14.9 Å². The number of hydrogen-bond donors (Lipinski definition) is 3. The first-order chi connectivity index (χ1) is 15.8. The molecule has 0 saturated heterocycles. The van der Waals surface area contributed by atoms with Crippen LogP contribution in [0.15, 0.2) is 36.4 Å². The van der Waals surface area contributed by atoms with Crippen LogP contribution in [0.5, 0.6) is 11.5 Å². The summed E-state index contributed by atoms with van der Waals surface area (Å²) in [5.74, 6) is -0.0837. The van der Waals surface area contributed by atoms with Crippen molar-refractivity contribution in [3.8, 4) is 11.5 Å². The Morgan fingerprint density at radius 2 is 1.85 bits per heavy atom. The molecule has 0 radical (unpaired) electrons. The summed E-state index contributed by atoms with van der Waals surface area (Å²) in [4.78, 5) is 5.65. The van der Waals surface area contributed by atoms with Crippen LogP contribution in [0.2, 0.25) is 0 Å². The van der Waals surface area contributed by atoms with Gasteiger partial charge in [-0.05, 0) is 84.2 Å². The molecule has 7 heteroatoms. The van der Waals surface area contributed by atoms with Crippen LogP contribution in [0, 0.1) is 28.9 Å². The minimum Gasteiger partial charge on any atom is -0.504 e. The van der Waals surface area contributed by atoms with Gasteiger partial charge >= 0.3 is 0 Å². The molecule has 5 atom stereocenters. The standard InChI is InChI=1S/C26H29F2NO4/c1-26-6-5-17-18-12-24(32-2)23(30)11-20(18)22(10-19(17)21(26)3-4-25(26)31)29-33-13-14-7-15(27)9-16(28)8-14/h7-12,17,19,21,25,29-31H,3-6,13H2,1-2H3/t17-,19-,21+,25-,26+/m1/s1. The lowest BCUT2D eigenvalue weighted by molar-refractivity contribution is -0.00878. The molecule has 0 bridgehead atoms. The number of fused-ring (bicyclic) bond motifs is 5. The molecular formula is C26H29F2NO4. The van der Waals surface area contributed by atoms with Crippen molar-refractivity contribution < 1.29 is 28.6 Å². The molecule has 0 amide bonds. The average Bonchev–Trinajstić information content (AvgIpc) is 3.07. The first-order valence-corrected chi connectivity index (χ1v) is 11.4. The van der Waals surface area contributed by atoms with Crippen molar-refractivity contribution >= 4 is 5.70 Å². The van der Waals surface area contributed by atoms with Crippen LogP contribution >= 0.6 is 0 Å². The molecule has 176 valence electrons. The number of halogens is 2. The molecule has 0 aromatic heterocycles. The molecule has 5 rings (SSSR count). The summed E-state index contributed by atoms with van der Waals surface area (Å²) < 4.78 is 32.4. The second-order valence-electron chi connectivity index (χ2n) is 9.79. The number of aliphatic hydroxyl groups excluding tert-OH is 1. The predicted octanol–water partition coefficient (Wildman–Crippen LogP) is 5.03. The summed E-state index contributed by atoms with van der Waals surface area (Å²) in [6.45, 7) is 2.16. The lowest BCUT2D eigenvalue weighted by Gasteiger charge is -2.49. The summed E-state index contributed by atoms with van der Waals surface area (Å²) in [7, 11) is 1.53. The van der Waals surface area contributed by atoms with Crippen LogP contribution in [0.1, 0.15) is 55.2 Å². The van der Waals surface area contributed by atoms with Gasteiger partial charge in [0.2, 0.25) is 0 Å². The van der Waals surface area contributed by atoms with Crippen LogP contribution < -0.4 is 10.2 Å². The van der Waals surface area contributed by atoms with Crippen molar-refractivity contribution in [2.75, 3.05) is 7.11 Å². The Morgan fingerprint density at radius 3 is 2.58 bits per heavy atom. The number of aromatic hydroxyl groups is 1. The van der Waals surface area contributed by atoms with Gasteiger partial charge in [0.05, 0.1) is 25.5 Å². The topological polar surface area (TPSA) is 71.0 Å². The number of hydrogen-bond acceptors (Lipinski definition) is 5. The highest BCUT2D eigenvalue weighted by Crippen LogP contribution is 2.61. The van der Waals surface area contributed by atoms with E-state index in [1.807, 2.05) is 6.07 Å². The van der Waals surface area contributed by atoms with E-state index in [4.69, 9.17) is 9.57 Å². The van der Waals surface area contributed by atoms with Crippen LogP contribution in [-0.4, -0.2) is 23.4 Å². The summed E-state index contributed by atoms with van der Waals surface area (Å²) in [6, 6.07) is 6.85. The molecule has 3 N–H and O–H groups in total. The van der Waals surface area contributed by atoms with E-state index in [-0.39, 0.29) is 35.7 Å². The van der Waals surface area contributed by atoms with Crippen molar-refractivity contribution in [1.82, 2.24) is 5.48 Å². The summed E-state index contributed by atoms with van der Waals surface area (Å²) in [5, 5.41) is 21.1. The maximum Gasteiger partial charge on any atom is 0.160 e. The largest absolute Gasteiger partial charge is 0.504 e. The SMILES string of the molecule is COc1cc2c(cc1O)C(NOCc1cc(F)cc(F)c1)=C[C@@H]1[C@@H]2CC[C@]2(C)[C@H](O)CC[C@@H]12. The first-order valence-electron chi connectivity index (χ1n) is 11.4. The third kappa shape index (κ3) is 3.77. The molecule has 3 aliphatic carbocycles. The first kappa shape index (κ1) is 22.2. The Labute approximate surface area is 192 Å². The zero-order valence-electron chi connectivity index (χ0n) is 18.8. The van der Waals surface area contributed by atoms with Gasteiger partial charge in [0.15, 0.2) is 11.5 Å². The number of benzene rings is 2. The number of methoxy groups -OCH3 is 1. The van der Waals surface area contributed by atoms with Crippen LogP contribution in [0.3, 0.4) is 0 Å². The summed E-state index contributed by atoms with van der Waals surface area (Å²) in [5.41, 5.74) is 5.81. The zero-order chi connectivity index (χ0) is 23.3. The normalized spacial score (nSPS) is 30.2. The van der Waals surface area contributed by atoms with Crippen molar-refractivity contribution in [2.45, 2.75) is 51.2 Å². The molecule has 2 saturated carbocycles. The van der Waals surface area contributed by atoms with Gasteiger partial charge in [0.1, 0.15) is 11.6 Å². The van der Waals surface area contributed by atoms with Gasteiger partial charge in [-0.15, -0.1) is 0 Å². The van der Waals surface area contributed by atoms with E-state index < -0.39 is 11.6 Å². The minimum atomic E-state index is -0.656. The van der Waals surface area contributed by atoms with E-state index in [1.54, 1.807) is 6.07 Å². The molecule has 0 unspecified atom stereocenters. The number of allylic oxidation sites excluding steroid dienone is 1. The van der Waals surface area contributed by atoms with Gasteiger partial charge in [0.25, 0.3) is 0 Å². The van der Waals surface area contributed by atoms with Crippen molar-refractivity contribution in [3.63, 3.8) is 0 Å². The number of phenolic OH excluding ortho intramolecular Hbond substituents is 1. The smallest absolute Gasteiger partial charge is 0.160 e. The van der Waals surface area contributed by atoms with Gasteiger partial charge in [0, 0.05) is 11.6 Å². The van der Waals surface area contributed by atoms with E-state index in [9.17, 15) is 19.0 Å². The molecule has 33 heavy (non-hydrogen) atoms. The molecular weight excluding hydrogens is 428 g/mol. The fourth-order valence-corrected chi connectivity index (χ4v) is 6.31. The van der Waals surface area contributed by atoms with Crippen LogP contribution in [0.4, 0.5) is 8.78 Å². The molecule has 2 fully saturated rings. The Balaban J connectivity index is 1.47. The summed E-state index contributed by atoms with van der Waals surface area (Å²) >= 11 is 0. The quantitative estimate of drug-likeness (QED) is 0.550. The Bertz CT molecular complexity index is 1080. The van der Waals surface area contributed by atoms with Crippen molar-refractivity contribution in [1.29, 1.82) is 0 Å². The zero-order valence-corrected chi connectivity index (χ0v) is 18.8. The monoisotopic (exact) mass is 457 g/mol. The molecule has 0 heterocycles. The van der Waals surface area contributed by atoms with Gasteiger partial charge in [-0.2, -0.15) is 0 Å². The van der Waals surface area contributed by atoms with Gasteiger partial charge in [-0.3, -0.25) is 10.3 Å². The lowest BCUT2D eigenvalue weighted by Crippen LogP contribution is -2.43. The van der Waals surface area contributed by atoms with E-state index in [2.05, 4.69) is 18.5 Å². The predicted molar refractivity (Wildman–Crippen MR) is 119 cm³/mol. The second kappa shape index (κ2) is 8.29. The number of aliphatic hydroxyl groups is 1. The van der Waals surface area contributed by atoms with Crippen LogP contribution in [0.25, 0.3) is 5.70 Å². The Hall–Kier alpha value is -2.64. The molecule has 3 aliphatic rings. The van der Waals surface area contributed by atoms with E-state index in [1.165, 1.54) is 19.2 Å². The molecule has 2 aromatic carbocycles. The fourth-order valence-electron chi connectivity index (χ4n) is 6.31. The van der Waals surface area contributed by atoms with Crippen molar-refractivity contribution in [2.24, 2.45) is 17.3 Å². The Morgan fingerprint density at radius 1 is 1.09 bits per heavy atom. The van der Waals surface area contributed by atoms with E-state index in [0.717, 1.165) is 42.9 Å². The molecule has 0 spiro atoms. The number of hydroxylamine groups is 1. The highest BCUT2D eigenvalue weighted by molar-refractivity contribution is 5.72. The molecule has 5 nitrogen and oxygen atoms in total. The van der Waals surface area contributed by atoms with Crippen molar-refractivity contribution in [3.05, 3.63) is 64.7 Å². The second-order valence-corrected chi connectivity index (χ2v) is 9.79.